The Labute approximate surface area is 206 Å². The van der Waals surface area contributed by atoms with E-state index in [1.54, 1.807) is 11.0 Å². The lowest BCUT2D eigenvalue weighted by molar-refractivity contribution is -0.136. The summed E-state index contributed by atoms with van der Waals surface area (Å²) in [6.45, 7) is 2.75. The van der Waals surface area contributed by atoms with Gasteiger partial charge in [0, 0.05) is 35.7 Å². The Bertz CT molecular complexity index is 1350. The Morgan fingerprint density at radius 3 is 2.68 bits per heavy atom. The molecular formula is C26H22ClN3O3S. The average Bonchev–Trinajstić information content (AvgIpc) is 3.40. The first kappa shape index (κ1) is 22.5. The van der Waals surface area contributed by atoms with E-state index >= 15 is 0 Å². The van der Waals surface area contributed by atoms with Crippen molar-refractivity contribution >= 4 is 46.5 Å². The summed E-state index contributed by atoms with van der Waals surface area (Å²) < 4.78 is 1.90. The molecule has 2 aliphatic rings. The van der Waals surface area contributed by atoms with Gasteiger partial charge in [-0.1, -0.05) is 41.9 Å². The Hall–Kier alpha value is -3.29. The largest absolute Gasteiger partial charge is 0.336 e. The highest BCUT2D eigenvalue weighted by atomic mass is 35.5. The van der Waals surface area contributed by atoms with Gasteiger partial charge >= 0.3 is 0 Å². The number of nitrogens with zero attached hydrogens (tertiary/aromatic N) is 3. The third-order valence-electron chi connectivity index (χ3n) is 6.14. The van der Waals surface area contributed by atoms with Crippen LogP contribution >= 0.6 is 23.4 Å². The van der Waals surface area contributed by atoms with Gasteiger partial charge in [-0.3, -0.25) is 19.3 Å². The first-order valence-corrected chi connectivity index (χ1v) is 12.1. The van der Waals surface area contributed by atoms with Crippen LogP contribution in [0.25, 0.3) is 11.8 Å². The van der Waals surface area contributed by atoms with Crippen LogP contribution in [-0.2, 0) is 22.6 Å². The summed E-state index contributed by atoms with van der Waals surface area (Å²) in [6.07, 6.45) is 4.32. The van der Waals surface area contributed by atoms with Gasteiger partial charge in [0.05, 0.1) is 4.91 Å². The fourth-order valence-electron chi connectivity index (χ4n) is 4.19. The Morgan fingerprint density at radius 2 is 1.88 bits per heavy atom. The second-order valence-electron chi connectivity index (χ2n) is 8.34. The van der Waals surface area contributed by atoms with Crippen molar-refractivity contribution in [1.82, 2.24) is 14.4 Å². The molecule has 0 bridgehead atoms. The van der Waals surface area contributed by atoms with Gasteiger partial charge in [0.1, 0.15) is 6.54 Å². The molecule has 1 aromatic heterocycles. The molecule has 5 rings (SSSR count). The summed E-state index contributed by atoms with van der Waals surface area (Å²) >= 11 is 7.14. The highest BCUT2D eigenvalue weighted by molar-refractivity contribution is 8.18. The van der Waals surface area contributed by atoms with E-state index in [0.29, 0.717) is 23.0 Å². The number of carbonyl (C=O) groups is 3. The van der Waals surface area contributed by atoms with Crippen LogP contribution in [0.1, 0.15) is 22.4 Å². The topological polar surface area (TPSA) is 62.6 Å². The van der Waals surface area contributed by atoms with Crippen LogP contribution in [0.5, 0.6) is 0 Å². The minimum Gasteiger partial charge on any atom is -0.336 e. The number of hydrogen-bond donors (Lipinski definition) is 0. The summed E-state index contributed by atoms with van der Waals surface area (Å²) in [5, 5.41) is 0.217. The molecule has 8 heteroatoms. The van der Waals surface area contributed by atoms with Crippen molar-refractivity contribution in [3.63, 3.8) is 0 Å². The van der Waals surface area contributed by atoms with Crippen molar-refractivity contribution in [2.45, 2.75) is 19.9 Å². The Balaban J connectivity index is 1.32. The number of fused-ring (bicyclic) bond motifs is 1. The predicted molar refractivity (Wildman–Crippen MR) is 134 cm³/mol. The maximum Gasteiger partial charge on any atom is 0.294 e. The monoisotopic (exact) mass is 491 g/mol. The van der Waals surface area contributed by atoms with Crippen LogP contribution in [0.4, 0.5) is 4.79 Å². The molecule has 3 amide bonds. The number of thioether (sulfide) groups is 1. The van der Waals surface area contributed by atoms with E-state index in [4.69, 9.17) is 11.6 Å². The van der Waals surface area contributed by atoms with Gasteiger partial charge < -0.3 is 9.47 Å². The molecule has 0 aliphatic carbocycles. The van der Waals surface area contributed by atoms with Crippen LogP contribution < -0.4 is 0 Å². The normalized spacial score (nSPS) is 16.9. The molecule has 0 saturated carbocycles. The summed E-state index contributed by atoms with van der Waals surface area (Å²) in [7, 11) is 0. The zero-order valence-corrected chi connectivity index (χ0v) is 20.1. The van der Waals surface area contributed by atoms with E-state index in [1.807, 2.05) is 66.2 Å². The van der Waals surface area contributed by atoms with Crippen LogP contribution in [0.15, 0.2) is 65.7 Å². The highest BCUT2D eigenvalue weighted by Gasteiger charge is 2.37. The molecule has 2 aromatic carbocycles. The highest BCUT2D eigenvalue weighted by Crippen LogP contribution is 2.33. The summed E-state index contributed by atoms with van der Waals surface area (Å²) in [4.78, 5) is 41.6. The number of carbonyl (C=O) groups excluding carboxylic acids is 3. The zero-order chi connectivity index (χ0) is 23.8. The Kier molecular flexibility index (Phi) is 6.06. The summed E-state index contributed by atoms with van der Waals surface area (Å²) in [5.74, 6) is -0.675. The van der Waals surface area contributed by atoms with Gasteiger partial charge in [-0.05, 0) is 72.1 Å². The fraction of sp³-hybridized carbons (Fsp3) is 0.192. The lowest BCUT2D eigenvalue weighted by Gasteiger charge is -2.29. The summed E-state index contributed by atoms with van der Waals surface area (Å²) in [5.41, 5.74) is 4.91. The molecular weight excluding hydrogens is 470 g/mol. The lowest BCUT2D eigenvalue weighted by Crippen LogP contribution is -2.44. The third kappa shape index (κ3) is 4.29. The smallest absolute Gasteiger partial charge is 0.294 e. The number of benzene rings is 2. The molecule has 1 saturated heterocycles. The van der Waals surface area contributed by atoms with Crippen molar-refractivity contribution in [2.24, 2.45) is 0 Å². The van der Waals surface area contributed by atoms with Crippen molar-refractivity contribution in [1.29, 1.82) is 0 Å². The molecule has 0 spiro atoms. The molecule has 0 radical (unpaired) electrons. The van der Waals surface area contributed by atoms with Crippen molar-refractivity contribution < 1.29 is 14.4 Å². The maximum absolute atomic E-state index is 13.0. The number of hydrogen-bond acceptors (Lipinski definition) is 4. The van der Waals surface area contributed by atoms with Crippen molar-refractivity contribution in [2.75, 3.05) is 13.1 Å². The van der Waals surface area contributed by atoms with Gasteiger partial charge in [-0.15, -0.1) is 0 Å². The van der Waals surface area contributed by atoms with Gasteiger partial charge in [-0.25, -0.2) is 0 Å². The number of aromatic nitrogens is 1. The van der Waals surface area contributed by atoms with E-state index in [1.165, 1.54) is 5.56 Å². The molecule has 0 unspecified atom stereocenters. The third-order valence-corrected chi connectivity index (χ3v) is 7.46. The molecule has 2 aliphatic heterocycles. The van der Waals surface area contributed by atoms with Gasteiger partial charge in [0.25, 0.3) is 11.1 Å². The number of amides is 3. The molecule has 34 heavy (non-hydrogen) atoms. The molecule has 6 nitrogen and oxygen atoms in total. The van der Waals surface area contributed by atoms with Crippen molar-refractivity contribution in [3.8, 4) is 5.69 Å². The molecule has 172 valence electrons. The lowest BCUT2D eigenvalue weighted by atomic mass is 10.00. The second-order valence-corrected chi connectivity index (χ2v) is 9.74. The number of aryl methyl sites for hydroxylation is 1. The predicted octanol–water partition coefficient (Wildman–Crippen LogP) is 5.06. The summed E-state index contributed by atoms with van der Waals surface area (Å²) in [6, 6.07) is 17.5. The zero-order valence-electron chi connectivity index (χ0n) is 18.5. The van der Waals surface area contributed by atoms with Gasteiger partial charge in [0.15, 0.2) is 0 Å². The van der Waals surface area contributed by atoms with Crippen LogP contribution in [0, 0.1) is 6.92 Å². The van der Waals surface area contributed by atoms with E-state index < -0.39 is 11.1 Å². The SMILES string of the molecule is Cc1ccc(-n2cccc2/C=C2\SC(=O)N(CC(=O)N3CCc4ccccc4C3)C2=O)cc1Cl. The fourth-order valence-corrected chi connectivity index (χ4v) is 5.19. The average molecular weight is 492 g/mol. The van der Waals surface area contributed by atoms with E-state index in [2.05, 4.69) is 6.07 Å². The van der Waals surface area contributed by atoms with Gasteiger partial charge in [-0.2, -0.15) is 0 Å². The van der Waals surface area contributed by atoms with E-state index in [-0.39, 0.29) is 12.5 Å². The Morgan fingerprint density at radius 1 is 1.09 bits per heavy atom. The molecule has 0 atom stereocenters. The van der Waals surface area contributed by atoms with Crippen LogP contribution in [-0.4, -0.2) is 44.5 Å². The van der Waals surface area contributed by atoms with Gasteiger partial charge in [0.2, 0.25) is 5.91 Å². The first-order valence-electron chi connectivity index (χ1n) is 10.9. The molecule has 3 aromatic rings. The molecule has 3 heterocycles. The minimum atomic E-state index is -0.449. The van der Waals surface area contributed by atoms with E-state index in [0.717, 1.165) is 45.6 Å². The second kappa shape index (κ2) is 9.16. The maximum atomic E-state index is 13.0. The minimum absolute atomic E-state index is 0.226. The quantitative estimate of drug-likeness (QED) is 0.478. The number of imide groups is 1. The number of halogens is 1. The molecule has 1 fully saturated rings. The van der Waals surface area contributed by atoms with Crippen molar-refractivity contribution in [3.05, 3.63) is 93.1 Å². The van der Waals surface area contributed by atoms with Crippen LogP contribution in [0.3, 0.4) is 0 Å². The van der Waals surface area contributed by atoms with E-state index in [9.17, 15) is 14.4 Å². The standard InChI is InChI=1S/C26H22ClN3O3S/c1-17-8-9-21(13-22(17)27)29-11-4-7-20(29)14-23-25(32)30(26(33)34-23)16-24(31)28-12-10-18-5-2-3-6-19(18)15-28/h2-9,11,13-14H,10,12,15-16H2,1H3/b23-14-. The number of rotatable bonds is 4. The first-order chi connectivity index (χ1) is 16.4. The van der Waals surface area contributed by atoms with Crippen LogP contribution in [0.2, 0.25) is 5.02 Å². The molecule has 0 N–H and O–H groups in total.